The monoisotopic (exact) mass is 404 g/mol. The highest BCUT2D eigenvalue weighted by Crippen LogP contribution is 2.23. The summed E-state index contributed by atoms with van der Waals surface area (Å²) in [6.45, 7) is 7.78. The molecular weight excluding hydrogens is 378 g/mol. The van der Waals surface area contributed by atoms with Crippen molar-refractivity contribution < 1.29 is 9.64 Å². The van der Waals surface area contributed by atoms with Gasteiger partial charge in [0.25, 0.3) is 0 Å². The molecule has 4 nitrogen and oxygen atoms in total. The first kappa shape index (κ1) is 20.1. The number of nitrogens with one attached hydrogen (secondary N) is 3. The highest BCUT2D eigenvalue weighted by Gasteiger charge is 2.31. The summed E-state index contributed by atoms with van der Waals surface area (Å²) in [5.41, 5.74) is 3.24. The maximum absolute atomic E-state index is 6.22. The van der Waals surface area contributed by atoms with Crippen LogP contribution in [0, 0.1) is 6.92 Å². The molecule has 1 aliphatic heterocycles. The van der Waals surface area contributed by atoms with E-state index in [4.69, 9.17) is 28.6 Å². The minimum atomic E-state index is 0.167. The molecule has 6 heteroatoms. The van der Waals surface area contributed by atoms with Gasteiger partial charge in [0.05, 0.1) is 19.3 Å². The molecule has 0 aliphatic carbocycles. The van der Waals surface area contributed by atoms with Gasteiger partial charge in [-0.3, -0.25) is 0 Å². The summed E-state index contributed by atoms with van der Waals surface area (Å²) in [6.07, 6.45) is 0. The minimum Gasteiger partial charge on any atom is -0.370 e. The number of hydrogen-bond donors (Lipinski definition) is 3. The van der Waals surface area contributed by atoms with Crippen LogP contribution in [-0.2, 0) is 4.74 Å². The Hall–Kier alpha value is -1.66. The number of anilines is 1. The minimum absolute atomic E-state index is 0.167. The lowest BCUT2D eigenvalue weighted by Gasteiger charge is -2.36. The van der Waals surface area contributed by atoms with E-state index in [0.717, 1.165) is 42.6 Å². The van der Waals surface area contributed by atoms with E-state index in [2.05, 4.69) is 47.9 Å². The van der Waals surface area contributed by atoms with Crippen LogP contribution < -0.4 is 15.5 Å². The maximum atomic E-state index is 6.22. The molecule has 1 saturated heterocycles. The van der Waals surface area contributed by atoms with E-state index in [9.17, 15) is 0 Å². The van der Waals surface area contributed by atoms with Gasteiger partial charge in [-0.05, 0) is 43.8 Å². The van der Waals surface area contributed by atoms with Gasteiger partial charge in [-0.2, -0.15) is 0 Å². The molecule has 27 heavy (non-hydrogen) atoms. The zero-order valence-corrected chi connectivity index (χ0v) is 17.4. The normalized spacial score (nSPS) is 17.1. The molecule has 144 valence electrons. The molecule has 3 rings (SSSR count). The van der Waals surface area contributed by atoms with Gasteiger partial charge in [0.1, 0.15) is 19.1 Å². The number of ether oxygens (including phenoxy) is 1. The Labute approximate surface area is 171 Å². The molecule has 0 radical (unpaired) electrons. The highest BCUT2D eigenvalue weighted by atomic mass is 35.5. The molecule has 0 aromatic heterocycles. The summed E-state index contributed by atoms with van der Waals surface area (Å²) in [5, 5.41) is 8.12. The van der Waals surface area contributed by atoms with E-state index < -0.39 is 0 Å². The van der Waals surface area contributed by atoms with Crippen molar-refractivity contribution in [3.8, 4) is 0 Å². The summed E-state index contributed by atoms with van der Waals surface area (Å²) in [4.78, 5) is 1.52. The SMILES string of the molecule is Cc1c(Cl)cccc1NC(=S)N[C@@H](C)[C@H](c1ccccc1)[NH+]1CCOCC1. The molecule has 1 aliphatic rings. The molecule has 2 atom stereocenters. The van der Waals surface area contributed by atoms with Crippen LogP contribution >= 0.6 is 23.8 Å². The second kappa shape index (κ2) is 9.51. The van der Waals surface area contributed by atoms with E-state index in [-0.39, 0.29) is 6.04 Å². The van der Waals surface area contributed by atoms with E-state index in [0.29, 0.717) is 11.2 Å². The van der Waals surface area contributed by atoms with Crippen LogP contribution in [-0.4, -0.2) is 37.5 Å². The van der Waals surface area contributed by atoms with Crippen LogP contribution in [0.5, 0.6) is 0 Å². The number of hydrogen-bond acceptors (Lipinski definition) is 2. The lowest BCUT2D eigenvalue weighted by atomic mass is 9.98. The lowest BCUT2D eigenvalue weighted by molar-refractivity contribution is -0.940. The van der Waals surface area contributed by atoms with E-state index >= 15 is 0 Å². The predicted octanol–water partition coefficient (Wildman–Crippen LogP) is 2.98. The van der Waals surface area contributed by atoms with Crippen molar-refractivity contribution in [3.63, 3.8) is 0 Å². The van der Waals surface area contributed by atoms with Crippen molar-refractivity contribution in [1.82, 2.24) is 5.32 Å². The number of rotatable bonds is 5. The zero-order chi connectivity index (χ0) is 19.2. The third-order valence-electron chi connectivity index (χ3n) is 5.11. The van der Waals surface area contributed by atoms with Crippen LogP contribution in [0.4, 0.5) is 5.69 Å². The van der Waals surface area contributed by atoms with Crippen molar-refractivity contribution in [1.29, 1.82) is 0 Å². The number of halogens is 1. The summed E-state index contributed by atoms with van der Waals surface area (Å²) in [5.74, 6) is 0. The van der Waals surface area contributed by atoms with Gasteiger partial charge in [0, 0.05) is 16.3 Å². The smallest absolute Gasteiger partial charge is 0.171 e. The Morgan fingerprint density at radius 1 is 1.11 bits per heavy atom. The van der Waals surface area contributed by atoms with Crippen molar-refractivity contribution in [2.24, 2.45) is 0 Å². The number of benzene rings is 2. The van der Waals surface area contributed by atoms with Crippen molar-refractivity contribution in [2.45, 2.75) is 25.9 Å². The summed E-state index contributed by atoms with van der Waals surface area (Å²) in [7, 11) is 0. The van der Waals surface area contributed by atoms with Crippen LogP contribution in [0.1, 0.15) is 24.1 Å². The van der Waals surface area contributed by atoms with Gasteiger partial charge in [-0.25, -0.2) is 0 Å². The first-order valence-electron chi connectivity index (χ1n) is 9.36. The van der Waals surface area contributed by atoms with Crippen molar-refractivity contribution >= 4 is 34.6 Å². The van der Waals surface area contributed by atoms with E-state index in [1.54, 1.807) is 0 Å². The summed E-state index contributed by atoms with van der Waals surface area (Å²) >= 11 is 11.8. The van der Waals surface area contributed by atoms with Crippen molar-refractivity contribution in [3.05, 3.63) is 64.7 Å². The zero-order valence-electron chi connectivity index (χ0n) is 15.8. The third-order valence-corrected chi connectivity index (χ3v) is 5.74. The lowest BCUT2D eigenvalue weighted by Crippen LogP contribution is -3.15. The van der Waals surface area contributed by atoms with Crippen molar-refractivity contribution in [2.75, 3.05) is 31.6 Å². The van der Waals surface area contributed by atoms with Crippen LogP contribution in [0.2, 0.25) is 5.02 Å². The van der Waals surface area contributed by atoms with Crippen LogP contribution in [0.15, 0.2) is 48.5 Å². The molecule has 0 spiro atoms. The van der Waals surface area contributed by atoms with Gasteiger partial charge in [0.2, 0.25) is 0 Å². The number of thiocarbonyl (C=S) groups is 1. The predicted molar refractivity (Wildman–Crippen MR) is 116 cm³/mol. The van der Waals surface area contributed by atoms with Gasteiger partial charge < -0.3 is 20.3 Å². The first-order valence-corrected chi connectivity index (χ1v) is 10.1. The average Bonchev–Trinajstić information content (AvgIpc) is 2.67. The van der Waals surface area contributed by atoms with Gasteiger partial charge >= 0.3 is 0 Å². The molecule has 0 amide bonds. The second-order valence-corrected chi connectivity index (χ2v) is 7.77. The molecule has 0 saturated carbocycles. The third kappa shape index (κ3) is 5.20. The van der Waals surface area contributed by atoms with Gasteiger partial charge in [-0.15, -0.1) is 0 Å². The molecule has 1 fully saturated rings. The van der Waals surface area contributed by atoms with Crippen LogP contribution in [0.25, 0.3) is 0 Å². The fourth-order valence-electron chi connectivity index (χ4n) is 3.67. The standard InChI is InChI=1S/C21H26ClN3OS/c1-15-18(22)9-6-10-19(15)24-21(27)23-16(2)20(17-7-4-3-5-8-17)25-11-13-26-14-12-25/h3-10,16,20H,11-14H2,1-2H3,(H2,23,24,27)/p+1/t16-,20+/m0/s1. The Bertz CT molecular complexity index is 765. The van der Waals surface area contributed by atoms with Crippen LogP contribution in [0.3, 0.4) is 0 Å². The van der Waals surface area contributed by atoms with E-state index in [1.165, 1.54) is 10.5 Å². The number of quaternary nitrogens is 1. The molecule has 0 bridgehead atoms. The highest BCUT2D eigenvalue weighted by molar-refractivity contribution is 7.80. The molecule has 0 unspecified atom stereocenters. The Kier molecular flexibility index (Phi) is 7.07. The molecule has 2 aromatic carbocycles. The second-order valence-electron chi connectivity index (χ2n) is 6.96. The first-order chi connectivity index (χ1) is 13.1. The molecule has 3 N–H and O–H groups in total. The Morgan fingerprint density at radius 2 is 1.81 bits per heavy atom. The van der Waals surface area contributed by atoms with E-state index in [1.807, 2.05) is 25.1 Å². The average molecular weight is 405 g/mol. The quantitative estimate of drug-likeness (QED) is 0.670. The molecule has 1 heterocycles. The molecular formula is C21H27ClN3OS+. The van der Waals surface area contributed by atoms with Gasteiger partial charge in [0.15, 0.2) is 5.11 Å². The Morgan fingerprint density at radius 3 is 2.52 bits per heavy atom. The Balaban J connectivity index is 1.72. The fraction of sp³-hybridized carbons (Fsp3) is 0.381. The summed E-state index contributed by atoms with van der Waals surface area (Å²) < 4.78 is 5.56. The number of morpholine rings is 1. The topological polar surface area (TPSA) is 37.7 Å². The summed E-state index contributed by atoms with van der Waals surface area (Å²) in [6, 6.07) is 16.9. The van der Waals surface area contributed by atoms with Gasteiger partial charge in [-0.1, -0.05) is 48.0 Å². The largest absolute Gasteiger partial charge is 0.370 e. The maximum Gasteiger partial charge on any atom is 0.171 e. The fourth-order valence-corrected chi connectivity index (χ4v) is 4.14. The molecule has 2 aromatic rings.